The van der Waals surface area contributed by atoms with Gasteiger partial charge in [0.1, 0.15) is 11.4 Å². The molecular weight excluding hydrogens is 374 g/mol. The van der Waals surface area contributed by atoms with Crippen LogP contribution in [0.2, 0.25) is 0 Å². The molecule has 1 aliphatic rings. The van der Waals surface area contributed by atoms with Crippen LogP contribution >= 0.6 is 0 Å². The summed E-state index contributed by atoms with van der Waals surface area (Å²) >= 11 is 0. The molecule has 0 radical (unpaired) electrons. The molecule has 0 aliphatic carbocycles. The number of amides is 1. The molecule has 9 nitrogen and oxygen atoms in total. The molecule has 3 aromatic rings. The second-order valence-corrected chi connectivity index (χ2v) is 6.70. The van der Waals surface area contributed by atoms with Crippen molar-refractivity contribution in [2.75, 3.05) is 31.1 Å². The number of piperazine rings is 1. The van der Waals surface area contributed by atoms with Crippen LogP contribution in [0.3, 0.4) is 0 Å². The van der Waals surface area contributed by atoms with E-state index in [0.29, 0.717) is 31.9 Å². The smallest absolute Gasteiger partial charge is 0.294 e. The van der Waals surface area contributed by atoms with Crippen LogP contribution in [-0.4, -0.2) is 56.6 Å². The van der Waals surface area contributed by atoms with Crippen LogP contribution < -0.4 is 4.90 Å². The number of carbonyl (C=O) groups excluding carboxylic acids is 1. The molecule has 2 heterocycles. The van der Waals surface area contributed by atoms with Gasteiger partial charge in [-0.2, -0.15) is 0 Å². The molecule has 148 valence electrons. The summed E-state index contributed by atoms with van der Waals surface area (Å²) in [7, 11) is 0. The van der Waals surface area contributed by atoms with Gasteiger partial charge in [-0.15, -0.1) is 0 Å². The monoisotopic (exact) mass is 393 g/mol. The maximum atomic E-state index is 12.9. The number of phenols is 1. The van der Waals surface area contributed by atoms with Gasteiger partial charge in [-0.1, -0.05) is 12.1 Å². The Kier molecular flexibility index (Phi) is 4.86. The molecule has 9 heteroatoms. The van der Waals surface area contributed by atoms with Crippen molar-refractivity contribution >= 4 is 17.3 Å². The van der Waals surface area contributed by atoms with Crippen molar-refractivity contribution in [3.8, 4) is 11.4 Å². The van der Waals surface area contributed by atoms with E-state index < -0.39 is 4.92 Å². The highest BCUT2D eigenvalue weighted by Crippen LogP contribution is 2.28. The van der Waals surface area contributed by atoms with Gasteiger partial charge in [-0.05, 0) is 24.3 Å². The second-order valence-electron chi connectivity index (χ2n) is 6.70. The van der Waals surface area contributed by atoms with E-state index in [0.717, 1.165) is 5.69 Å². The third kappa shape index (κ3) is 3.62. The van der Waals surface area contributed by atoms with Gasteiger partial charge in [0.25, 0.3) is 11.6 Å². The van der Waals surface area contributed by atoms with Gasteiger partial charge in [0.05, 0.1) is 16.9 Å². The largest absolute Gasteiger partial charge is 0.506 e. The number of phenolic OH excluding ortho intramolecular Hbond substituents is 1. The zero-order valence-corrected chi connectivity index (χ0v) is 15.5. The average Bonchev–Trinajstić information content (AvgIpc) is 3.28. The standard InChI is InChI=1S/C20H19N5O4/c26-19-4-2-1-3-17(19)22-9-11-23(12-10-22)20(27)15-5-6-16(18(13-15)25(28)29)24-8-7-21-14-24/h1-8,13-14,26H,9-12H2. The summed E-state index contributed by atoms with van der Waals surface area (Å²) in [5, 5.41) is 21.5. The van der Waals surface area contributed by atoms with Crippen molar-refractivity contribution in [3.05, 3.63) is 76.9 Å². The molecule has 4 rings (SSSR count). The number of imidazole rings is 1. The van der Waals surface area contributed by atoms with Crippen molar-refractivity contribution < 1.29 is 14.8 Å². The molecule has 29 heavy (non-hydrogen) atoms. The number of nitro groups is 1. The number of hydrogen-bond acceptors (Lipinski definition) is 6. The number of nitrogens with zero attached hydrogens (tertiary/aromatic N) is 5. The minimum atomic E-state index is -0.498. The van der Waals surface area contributed by atoms with Crippen LogP contribution in [0.5, 0.6) is 5.75 Å². The molecule has 0 spiro atoms. The molecule has 0 saturated carbocycles. The zero-order valence-electron chi connectivity index (χ0n) is 15.5. The fraction of sp³-hybridized carbons (Fsp3) is 0.200. The molecule has 1 amide bonds. The Hall–Kier alpha value is -3.88. The normalized spacial score (nSPS) is 14.1. The van der Waals surface area contributed by atoms with Gasteiger partial charge >= 0.3 is 0 Å². The number of carbonyl (C=O) groups is 1. The molecular formula is C20H19N5O4. The molecule has 0 bridgehead atoms. The van der Waals surface area contributed by atoms with Crippen LogP contribution in [0, 0.1) is 10.1 Å². The molecule has 1 aromatic heterocycles. The molecule has 1 N–H and O–H groups in total. The third-order valence-corrected chi connectivity index (χ3v) is 4.99. The van der Waals surface area contributed by atoms with Crippen LogP contribution in [0.25, 0.3) is 5.69 Å². The first-order valence-corrected chi connectivity index (χ1v) is 9.13. The molecule has 1 aliphatic heterocycles. The molecule has 1 fully saturated rings. The van der Waals surface area contributed by atoms with E-state index in [9.17, 15) is 20.0 Å². The minimum Gasteiger partial charge on any atom is -0.506 e. The first-order chi connectivity index (χ1) is 14.0. The topological polar surface area (TPSA) is 105 Å². The first kappa shape index (κ1) is 18.5. The number of anilines is 1. The number of nitro benzene ring substituents is 1. The molecule has 0 unspecified atom stereocenters. The van der Waals surface area contributed by atoms with Gasteiger partial charge in [0, 0.05) is 50.2 Å². The number of benzene rings is 2. The lowest BCUT2D eigenvalue weighted by Crippen LogP contribution is -2.48. The lowest BCUT2D eigenvalue weighted by Gasteiger charge is -2.36. The summed E-state index contributed by atoms with van der Waals surface area (Å²) in [6.45, 7) is 2.06. The summed E-state index contributed by atoms with van der Waals surface area (Å²) in [5.74, 6) is -0.0415. The summed E-state index contributed by atoms with van der Waals surface area (Å²) in [5.41, 5.74) is 1.21. The lowest BCUT2D eigenvalue weighted by atomic mass is 10.1. The summed E-state index contributed by atoms with van der Waals surface area (Å²) in [6.07, 6.45) is 4.62. The SMILES string of the molecule is O=C(c1ccc(-n2ccnc2)c([N+](=O)[O-])c1)N1CCN(c2ccccc2O)CC1. The Morgan fingerprint density at radius 2 is 1.83 bits per heavy atom. The number of para-hydroxylation sites is 2. The molecule has 2 aromatic carbocycles. The van der Waals surface area contributed by atoms with Gasteiger partial charge in [-0.25, -0.2) is 4.98 Å². The average molecular weight is 393 g/mol. The highest BCUT2D eigenvalue weighted by molar-refractivity contribution is 5.95. The predicted molar refractivity (Wildman–Crippen MR) is 106 cm³/mol. The van der Waals surface area contributed by atoms with Crippen LogP contribution in [0.1, 0.15) is 10.4 Å². The second kappa shape index (κ2) is 7.63. The summed E-state index contributed by atoms with van der Waals surface area (Å²) in [4.78, 5) is 31.5. The quantitative estimate of drug-likeness (QED) is 0.539. The number of aromatic hydroxyl groups is 1. The Morgan fingerprint density at radius 1 is 1.07 bits per heavy atom. The van der Waals surface area contributed by atoms with Crippen molar-refractivity contribution in [2.24, 2.45) is 0 Å². The molecule has 1 saturated heterocycles. The number of aromatic nitrogens is 2. The number of rotatable bonds is 4. The fourth-order valence-electron chi connectivity index (χ4n) is 3.49. The van der Waals surface area contributed by atoms with Gasteiger partial charge in [0.15, 0.2) is 0 Å². The van der Waals surface area contributed by atoms with Crippen molar-refractivity contribution in [3.63, 3.8) is 0 Å². The van der Waals surface area contributed by atoms with Gasteiger partial charge in [-0.3, -0.25) is 14.9 Å². The first-order valence-electron chi connectivity index (χ1n) is 9.13. The van der Waals surface area contributed by atoms with Crippen LogP contribution in [0.15, 0.2) is 61.2 Å². The predicted octanol–water partition coefficient (Wildman–Crippen LogP) is 2.45. The Balaban J connectivity index is 1.51. The van der Waals surface area contributed by atoms with Crippen molar-refractivity contribution in [1.82, 2.24) is 14.5 Å². The minimum absolute atomic E-state index is 0.151. The van der Waals surface area contributed by atoms with E-state index in [1.54, 1.807) is 35.4 Å². The number of hydrogen-bond donors (Lipinski definition) is 1. The Morgan fingerprint density at radius 3 is 2.48 bits per heavy atom. The zero-order chi connectivity index (χ0) is 20.4. The van der Waals surface area contributed by atoms with Crippen LogP contribution in [-0.2, 0) is 0 Å². The van der Waals surface area contributed by atoms with E-state index in [4.69, 9.17) is 0 Å². The fourth-order valence-corrected chi connectivity index (χ4v) is 3.49. The van der Waals surface area contributed by atoms with E-state index in [2.05, 4.69) is 4.98 Å². The summed E-state index contributed by atoms with van der Waals surface area (Å²) < 4.78 is 1.54. The van der Waals surface area contributed by atoms with E-state index in [-0.39, 0.29) is 22.9 Å². The third-order valence-electron chi connectivity index (χ3n) is 4.99. The maximum Gasteiger partial charge on any atom is 0.294 e. The van der Waals surface area contributed by atoms with Gasteiger partial charge < -0.3 is 19.5 Å². The van der Waals surface area contributed by atoms with Crippen molar-refractivity contribution in [1.29, 1.82) is 0 Å². The summed E-state index contributed by atoms with van der Waals surface area (Å²) in [6, 6.07) is 11.6. The van der Waals surface area contributed by atoms with Crippen molar-refractivity contribution in [2.45, 2.75) is 0 Å². The lowest BCUT2D eigenvalue weighted by molar-refractivity contribution is -0.384. The highest BCUT2D eigenvalue weighted by atomic mass is 16.6. The van der Waals surface area contributed by atoms with Crippen LogP contribution in [0.4, 0.5) is 11.4 Å². The van der Waals surface area contributed by atoms with E-state index >= 15 is 0 Å². The van der Waals surface area contributed by atoms with E-state index in [1.165, 1.54) is 23.2 Å². The highest BCUT2D eigenvalue weighted by Gasteiger charge is 2.25. The Labute approximate surface area is 166 Å². The molecule has 0 atom stereocenters. The maximum absolute atomic E-state index is 12.9. The van der Waals surface area contributed by atoms with Gasteiger partial charge in [0.2, 0.25) is 0 Å². The van der Waals surface area contributed by atoms with E-state index in [1.807, 2.05) is 17.0 Å². The Bertz CT molecular complexity index is 1040.